The van der Waals surface area contributed by atoms with Crippen LogP contribution in [0.2, 0.25) is 0 Å². The quantitative estimate of drug-likeness (QED) is 0.468. The van der Waals surface area contributed by atoms with Gasteiger partial charge in [0.15, 0.2) is 0 Å². The summed E-state index contributed by atoms with van der Waals surface area (Å²) in [7, 11) is 0. The van der Waals surface area contributed by atoms with E-state index in [9.17, 15) is 4.79 Å². The number of hydrogen-bond donors (Lipinski definition) is 2. The summed E-state index contributed by atoms with van der Waals surface area (Å²) in [5.41, 5.74) is 0. The number of carbonyl (C=O) groups is 1. The molecule has 0 aliphatic heterocycles. The smallest absolute Gasteiger partial charge is 0.234 e. The number of rotatable bonds is 8. The maximum absolute atomic E-state index is 11.4. The zero-order valence-corrected chi connectivity index (χ0v) is 9.81. The second-order valence-electron chi connectivity index (χ2n) is 3.57. The maximum atomic E-state index is 11.4. The molecule has 0 aromatic heterocycles. The molecule has 86 valence electrons. The first-order chi connectivity index (χ1) is 7.24. The molecule has 0 saturated heterocycles. The van der Waals surface area contributed by atoms with Gasteiger partial charge in [-0.05, 0) is 25.8 Å². The van der Waals surface area contributed by atoms with Gasteiger partial charge in [0, 0.05) is 12.5 Å². The molecule has 0 heterocycles. The first-order valence-corrected chi connectivity index (χ1v) is 5.68. The van der Waals surface area contributed by atoms with E-state index in [0.29, 0.717) is 12.6 Å². The van der Waals surface area contributed by atoms with Gasteiger partial charge in [-0.3, -0.25) is 4.79 Å². The van der Waals surface area contributed by atoms with Crippen molar-refractivity contribution in [2.45, 2.75) is 45.6 Å². The van der Waals surface area contributed by atoms with Gasteiger partial charge in [-0.15, -0.1) is 12.3 Å². The Kier molecular flexibility index (Phi) is 8.90. The van der Waals surface area contributed by atoms with Crippen LogP contribution in [-0.4, -0.2) is 25.0 Å². The van der Waals surface area contributed by atoms with Crippen LogP contribution in [0, 0.1) is 12.3 Å². The van der Waals surface area contributed by atoms with E-state index in [4.69, 9.17) is 6.42 Å². The molecule has 0 rings (SSSR count). The fourth-order valence-corrected chi connectivity index (χ4v) is 1.29. The highest BCUT2D eigenvalue weighted by Crippen LogP contribution is 1.94. The Morgan fingerprint density at radius 3 is 2.60 bits per heavy atom. The fraction of sp³-hybridized carbons (Fsp3) is 0.750. The van der Waals surface area contributed by atoms with Gasteiger partial charge in [-0.25, -0.2) is 0 Å². The zero-order chi connectivity index (χ0) is 11.5. The van der Waals surface area contributed by atoms with Crippen molar-refractivity contribution in [3.63, 3.8) is 0 Å². The summed E-state index contributed by atoms with van der Waals surface area (Å²) < 4.78 is 0. The molecule has 2 N–H and O–H groups in total. The van der Waals surface area contributed by atoms with Crippen LogP contribution in [-0.2, 0) is 4.79 Å². The van der Waals surface area contributed by atoms with Crippen molar-refractivity contribution in [1.82, 2.24) is 10.6 Å². The van der Waals surface area contributed by atoms with Crippen LogP contribution in [0.5, 0.6) is 0 Å². The number of carbonyl (C=O) groups excluding carboxylic acids is 1. The van der Waals surface area contributed by atoms with E-state index in [2.05, 4.69) is 30.4 Å². The predicted octanol–water partition coefficient (Wildman–Crippen LogP) is 1.29. The lowest BCUT2D eigenvalue weighted by Gasteiger charge is -2.14. The van der Waals surface area contributed by atoms with E-state index >= 15 is 0 Å². The molecule has 0 bridgehead atoms. The van der Waals surface area contributed by atoms with Gasteiger partial charge in [0.05, 0.1) is 6.54 Å². The van der Waals surface area contributed by atoms with Crippen LogP contribution in [0.15, 0.2) is 0 Å². The van der Waals surface area contributed by atoms with E-state index in [1.165, 1.54) is 0 Å². The van der Waals surface area contributed by atoms with Crippen molar-refractivity contribution < 1.29 is 4.79 Å². The largest absolute Gasteiger partial charge is 0.352 e. The molecule has 0 saturated carbocycles. The minimum Gasteiger partial charge on any atom is -0.352 e. The average Bonchev–Trinajstić information content (AvgIpc) is 2.25. The van der Waals surface area contributed by atoms with Gasteiger partial charge in [0.1, 0.15) is 0 Å². The lowest BCUT2D eigenvalue weighted by Crippen LogP contribution is -2.40. The summed E-state index contributed by atoms with van der Waals surface area (Å²) in [4.78, 5) is 11.4. The molecule has 15 heavy (non-hydrogen) atoms. The third kappa shape index (κ3) is 8.02. The third-order valence-corrected chi connectivity index (χ3v) is 2.31. The molecular weight excluding hydrogens is 188 g/mol. The Hall–Kier alpha value is -1.01. The van der Waals surface area contributed by atoms with Crippen molar-refractivity contribution >= 4 is 5.91 Å². The van der Waals surface area contributed by atoms with E-state index in [1.807, 2.05) is 0 Å². The molecule has 0 atom stereocenters. The van der Waals surface area contributed by atoms with Crippen LogP contribution in [0.4, 0.5) is 0 Å². The molecule has 0 radical (unpaired) electrons. The highest BCUT2D eigenvalue weighted by molar-refractivity contribution is 5.78. The number of nitrogens with one attached hydrogen (secondary N) is 2. The topological polar surface area (TPSA) is 41.1 Å². The summed E-state index contributed by atoms with van der Waals surface area (Å²) in [6.45, 7) is 5.35. The Balaban J connectivity index is 3.45. The first-order valence-electron chi connectivity index (χ1n) is 5.68. The van der Waals surface area contributed by atoms with Gasteiger partial charge in [0.2, 0.25) is 5.91 Å². The molecule has 1 amide bonds. The fourth-order valence-electron chi connectivity index (χ4n) is 1.29. The van der Waals surface area contributed by atoms with Crippen molar-refractivity contribution in [2.24, 2.45) is 0 Å². The third-order valence-electron chi connectivity index (χ3n) is 2.31. The van der Waals surface area contributed by atoms with Crippen molar-refractivity contribution in [1.29, 1.82) is 0 Å². The van der Waals surface area contributed by atoms with Gasteiger partial charge >= 0.3 is 0 Å². The molecule has 3 nitrogen and oxygen atoms in total. The van der Waals surface area contributed by atoms with E-state index in [-0.39, 0.29) is 5.91 Å². The van der Waals surface area contributed by atoms with E-state index in [1.54, 1.807) is 0 Å². The number of unbranched alkanes of at least 4 members (excludes halogenated alkanes) is 1. The standard InChI is InChI=1S/C12H22N2O/c1-4-7-8-9-13-10-12(15)14-11(5-2)6-3/h1,11,13H,5-10H2,2-3H3,(H,14,15). The Labute approximate surface area is 93.0 Å². The second-order valence-corrected chi connectivity index (χ2v) is 3.57. The van der Waals surface area contributed by atoms with Crippen LogP contribution >= 0.6 is 0 Å². The van der Waals surface area contributed by atoms with Gasteiger partial charge in [-0.2, -0.15) is 0 Å². The van der Waals surface area contributed by atoms with Crippen molar-refractivity contribution in [3.8, 4) is 12.3 Å². The van der Waals surface area contributed by atoms with Gasteiger partial charge in [-0.1, -0.05) is 13.8 Å². The Morgan fingerprint density at radius 2 is 2.07 bits per heavy atom. The highest BCUT2D eigenvalue weighted by Gasteiger charge is 2.06. The molecule has 0 unspecified atom stereocenters. The first kappa shape index (κ1) is 14.0. The number of amides is 1. The molecule has 0 aromatic rings. The molecular formula is C12H22N2O. The van der Waals surface area contributed by atoms with Crippen LogP contribution in [0.25, 0.3) is 0 Å². The summed E-state index contributed by atoms with van der Waals surface area (Å²) in [5, 5.41) is 6.03. The molecule has 0 spiro atoms. The maximum Gasteiger partial charge on any atom is 0.234 e. The predicted molar refractivity (Wildman–Crippen MR) is 63.4 cm³/mol. The van der Waals surface area contributed by atoms with E-state index in [0.717, 1.165) is 32.2 Å². The van der Waals surface area contributed by atoms with Gasteiger partial charge < -0.3 is 10.6 Å². The molecule has 0 aliphatic rings. The summed E-state index contributed by atoms with van der Waals surface area (Å²) in [5.74, 6) is 2.64. The van der Waals surface area contributed by atoms with Gasteiger partial charge in [0.25, 0.3) is 0 Å². The normalized spacial score (nSPS) is 10.0. The summed E-state index contributed by atoms with van der Waals surface area (Å²) >= 11 is 0. The molecule has 0 aliphatic carbocycles. The molecule has 0 fully saturated rings. The SMILES string of the molecule is C#CCCCNCC(=O)NC(CC)CC. The van der Waals surface area contributed by atoms with Crippen LogP contribution in [0.3, 0.4) is 0 Å². The minimum atomic E-state index is 0.0735. The van der Waals surface area contributed by atoms with Crippen molar-refractivity contribution in [2.75, 3.05) is 13.1 Å². The lowest BCUT2D eigenvalue weighted by molar-refractivity contribution is -0.121. The second kappa shape index (κ2) is 9.54. The monoisotopic (exact) mass is 210 g/mol. The Bertz CT molecular complexity index is 204. The number of terminal acetylenes is 1. The van der Waals surface area contributed by atoms with Crippen LogP contribution in [0.1, 0.15) is 39.5 Å². The van der Waals surface area contributed by atoms with E-state index < -0.39 is 0 Å². The summed E-state index contributed by atoms with van der Waals surface area (Å²) in [6, 6.07) is 0.310. The summed E-state index contributed by atoms with van der Waals surface area (Å²) in [6.07, 6.45) is 8.78. The highest BCUT2D eigenvalue weighted by atomic mass is 16.1. The molecule has 3 heteroatoms. The van der Waals surface area contributed by atoms with Crippen molar-refractivity contribution in [3.05, 3.63) is 0 Å². The number of hydrogen-bond acceptors (Lipinski definition) is 2. The average molecular weight is 210 g/mol. The minimum absolute atomic E-state index is 0.0735. The van der Waals surface area contributed by atoms with Crippen LogP contribution < -0.4 is 10.6 Å². The lowest BCUT2D eigenvalue weighted by atomic mass is 10.2. The Morgan fingerprint density at radius 1 is 1.40 bits per heavy atom. The molecule has 0 aromatic carbocycles. The zero-order valence-electron chi connectivity index (χ0n) is 9.81.